The van der Waals surface area contributed by atoms with Crippen LogP contribution in [-0.4, -0.2) is 23.4 Å². The van der Waals surface area contributed by atoms with Crippen molar-refractivity contribution < 1.29 is 9.59 Å². The highest BCUT2D eigenvalue weighted by atomic mass is 16.2. The number of hydrogen-bond donors (Lipinski definition) is 2. The lowest BCUT2D eigenvalue weighted by atomic mass is 10.0. The Morgan fingerprint density at radius 2 is 2.14 bits per heavy atom. The van der Waals surface area contributed by atoms with Gasteiger partial charge in [0.2, 0.25) is 11.8 Å². The summed E-state index contributed by atoms with van der Waals surface area (Å²) in [6.07, 6.45) is 1.48. The summed E-state index contributed by atoms with van der Waals surface area (Å²) < 4.78 is 0. The van der Waals surface area contributed by atoms with E-state index in [4.69, 9.17) is 5.73 Å². The van der Waals surface area contributed by atoms with Gasteiger partial charge in [-0.1, -0.05) is 18.2 Å². The van der Waals surface area contributed by atoms with E-state index < -0.39 is 11.6 Å². The number of anilines is 1. The molecule has 0 saturated heterocycles. The number of hydrogen-bond acceptors (Lipinski definition) is 3. The normalized spacial score (nSPS) is 19.0. The fourth-order valence-corrected chi connectivity index (χ4v) is 2.51. The van der Waals surface area contributed by atoms with Gasteiger partial charge in [-0.25, -0.2) is 0 Å². The lowest BCUT2D eigenvalue weighted by Gasteiger charge is -2.23. The van der Waals surface area contributed by atoms with E-state index in [-0.39, 0.29) is 18.2 Å². The number of fused-ring (bicyclic) bond motifs is 1. The summed E-state index contributed by atoms with van der Waals surface area (Å²) in [5, 5.41) is 2.78. The first kappa shape index (κ1) is 15.5. The molecule has 5 heteroatoms. The van der Waals surface area contributed by atoms with Crippen LogP contribution < -0.4 is 16.0 Å². The van der Waals surface area contributed by atoms with Crippen molar-refractivity contribution in [1.82, 2.24) is 5.32 Å². The number of nitrogens with two attached hydrogens (primary N) is 1. The molecule has 0 aromatic heterocycles. The van der Waals surface area contributed by atoms with Crippen LogP contribution in [0.4, 0.5) is 5.69 Å². The van der Waals surface area contributed by atoms with Crippen LogP contribution in [-0.2, 0) is 16.0 Å². The Kier molecular flexibility index (Phi) is 4.32. The van der Waals surface area contributed by atoms with Gasteiger partial charge in [-0.05, 0) is 38.3 Å². The van der Waals surface area contributed by atoms with Crippen molar-refractivity contribution in [3.63, 3.8) is 0 Å². The van der Waals surface area contributed by atoms with Crippen molar-refractivity contribution >= 4 is 17.5 Å². The predicted octanol–water partition coefficient (Wildman–Crippen LogP) is 1.37. The number of nitrogens with one attached hydrogen (secondary N) is 1. The molecule has 1 aliphatic heterocycles. The van der Waals surface area contributed by atoms with Crippen LogP contribution in [0.25, 0.3) is 0 Å². The zero-order valence-electron chi connectivity index (χ0n) is 12.6. The van der Waals surface area contributed by atoms with Gasteiger partial charge in [0.1, 0.15) is 6.04 Å². The molecule has 1 aromatic rings. The topological polar surface area (TPSA) is 75.4 Å². The number of amides is 2. The average Bonchev–Trinajstić information content (AvgIpc) is 2.50. The zero-order chi connectivity index (χ0) is 15.6. The number of nitrogens with zero attached hydrogens (tertiary/aromatic N) is 1. The maximum Gasteiger partial charge on any atom is 0.249 e. The van der Waals surface area contributed by atoms with Gasteiger partial charge in [0, 0.05) is 24.7 Å². The highest BCUT2D eigenvalue weighted by Crippen LogP contribution is 2.26. The Morgan fingerprint density at radius 1 is 1.48 bits per heavy atom. The fraction of sp³-hybridized carbons (Fsp3) is 0.438. The molecule has 0 fully saturated rings. The Balaban J connectivity index is 2.11. The van der Waals surface area contributed by atoms with Crippen molar-refractivity contribution in [1.29, 1.82) is 0 Å². The van der Waals surface area contributed by atoms with E-state index >= 15 is 0 Å². The molecule has 2 amide bonds. The van der Waals surface area contributed by atoms with Crippen LogP contribution in [0.1, 0.15) is 32.3 Å². The van der Waals surface area contributed by atoms with Gasteiger partial charge in [0.25, 0.3) is 0 Å². The van der Waals surface area contributed by atoms with Gasteiger partial charge >= 0.3 is 0 Å². The summed E-state index contributed by atoms with van der Waals surface area (Å²) >= 11 is 0. The molecule has 0 spiro atoms. The van der Waals surface area contributed by atoms with Crippen LogP contribution in [0.15, 0.2) is 24.3 Å². The standard InChI is InChI=1S/C16H22N3O2/c1-16(2,17)10-14(20)18-12-9-8-11-6-4-5-7-13(11)19(3)15(12)21/h4-7,12H,3,8-10,17H2,1-2H3,(H,18,20). The summed E-state index contributed by atoms with van der Waals surface area (Å²) in [5.74, 6) is -0.400. The maximum atomic E-state index is 12.4. The highest BCUT2D eigenvalue weighted by molar-refractivity contribution is 6.00. The van der Waals surface area contributed by atoms with Crippen molar-refractivity contribution in [3.05, 3.63) is 36.9 Å². The Labute approximate surface area is 125 Å². The van der Waals surface area contributed by atoms with Crippen LogP contribution in [0.2, 0.25) is 0 Å². The minimum absolute atomic E-state index is 0.181. The zero-order valence-corrected chi connectivity index (χ0v) is 12.6. The van der Waals surface area contributed by atoms with Gasteiger partial charge in [-0.3, -0.25) is 9.59 Å². The van der Waals surface area contributed by atoms with E-state index in [1.165, 1.54) is 4.90 Å². The molecular formula is C16H22N3O2. The second kappa shape index (κ2) is 5.85. The molecule has 0 aliphatic carbocycles. The van der Waals surface area contributed by atoms with Crippen LogP contribution in [0, 0.1) is 7.05 Å². The lowest BCUT2D eigenvalue weighted by molar-refractivity contribution is -0.128. The molecule has 0 saturated carbocycles. The monoisotopic (exact) mass is 288 g/mol. The van der Waals surface area contributed by atoms with Crippen molar-refractivity contribution in [3.8, 4) is 0 Å². The Hall–Kier alpha value is -1.88. The molecule has 5 nitrogen and oxygen atoms in total. The van der Waals surface area contributed by atoms with E-state index in [9.17, 15) is 9.59 Å². The number of rotatable bonds is 3. The summed E-state index contributed by atoms with van der Waals surface area (Å²) in [6.45, 7) is 3.57. The molecule has 1 unspecified atom stereocenters. The van der Waals surface area contributed by atoms with Crippen LogP contribution >= 0.6 is 0 Å². The first-order valence-electron chi connectivity index (χ1n) is 7.08. The smallest absolute Gasteiger partial charge is 0.249 e. The third-order valence-corrected chi connectivity index (χ3v) is 3.50. The van der Waals surface area contributed by atoms with Crippen molar-refractivity contribution in [2.75, 3.05) is 4.90 Å². The lowest BCUT2D eigenvalue weighted by Crippen LogP contribution is -2.48. The molecule has 1 aliphatic rings. The van der Waals surface area contributed by atoms with Crippen molar-refractivity contribution in [2.45, 2.75) is 44.7 Å². The number of para-hydroxylation sites is 1. The largest absolute Gasteiger partial charge is 0.344 e. The number of carbonyl (C=O) groups is 2. The Bertz CT molecular complexity index is 549. The minimum Gasteiger partial charge on any atom is -0.344 e. The first-order valence-corrected chi connectivity index (χ1v) is 7.08. The van der Waals surface area contributed by atoms with Gasteiger partial charge in [0.05, 0.1) is 0 Å². The number of carbonyl (C=O) groups excluding carboxylic acids is 2. The van der Waals surface area contributed by atoms with E-state index in [0.717, 1.165) is 17.7 Å². The number of benzene rings is 1. The third-order valence-electron chi connectivity index (χ3n) is 3.50. The second-order valence-corrected chi connectivity index (χ2v) is 6.22. The first-order chi connectivity index (χ1) is 9.78. The van der Waals surface area contributed by atoms with Gasteiger partial charge in [-0.15, -0.1) is 0 Å². The maximum absolute atomic E-state index is 12.4. The van der Waals surface area contributed by atoms with E-state index in [1.807, 2.05) is 24.3 Å². The summed E-state index contributed by atoms with van der Waals surface area (Å²) in [7, 11) is 3.82. The molecular weight excluding hydrogens is 266 g/mol. The predicted molar refractivity (Wildman–Crippen MR) is 82.4 cm³/mol. The fourth-order valence-electron chi connectivity index (χ4n) is 2.51. The molecule has 21 heavy (non-hydrogen) atoms. The van der Waals surface area contributed by atoms with E-state index in [2.05, 4.69) is 12.4 Å². The SMILES string of the molecule is [CH2]N1C(=O)C(NC(=O)CC(C)(C)N)CCc2ccccc21. The van der Waals surface area contributed by atoms with Gasteiger partial charge < -0.3 is 16.0 Å². The van der Waals surface area contributed by atoms with E-state index in [0.29, 0.717) is 6.42 Å². The summed E-state index contributed by atoms with van der Waals surface area (Å²) in [6, 6.07) is 7.11. The summed E-state index contributed by atoms with van der Waals surface area (Å²) in [4.78, 5) is 25.8. The quantitative estimate of drug-likeness (QED) is 0.882. The van der Waals surface area contributed by atoms with Gasteiger partial charge in [-0.2, -0.15) is 0 Å². The highest BCUT2D eigenvalue weighted by Gasteiger charge is 2.30. The van der Waals surface area contributed by atoms with Crippen LogP contribution in [0.3, 0.4) is 0 Å². The van der Waals surface area contributed by atoms with Crippen molar-refractivity contribution in [2.24, 2.45) is 5.73 Å². The molecule has 0 bridgehead atoms. The third kappa shape index (κ3) is 3.82. The molecule has 1 atom stereocenters. The summed E-state index contributed by atoms with van der Waals surface area (Å²) in [5.41, 5.74) is 7.11. The van der Waals surface area contributed by atoms with Crippen LogP contribution in [0.5, 0.6) is 0 Å². The van der Waals surface area contributed by atoms with Gasteiger partial charge in [0.15, 0.2) is 0 Å². The molecule has 1 heterocycles. The Morgan fingerprint density at radius 3 is 2.81 bits per heavy atom. The number of aryl methyl sites for hydroxylation is 1. The van der Waals surface area contributed by atoms with E-state index in [1.54, 1.807) is 13.8 Å². The second-order valence-electron chi connectivity index (χ2n) is 6.22. The molecule has 1 aromatic carbocycles. The average molecular weight is 288 g/mol. The molecule has 2 rings (SSSR count). The minimum atomic E-state index is -0.592. The molecule has 1 radical (unpaired) electrons. The molecule has 113 valence electrons. The molecule has 3 N–H and O–H groups in total.